The molecule has 0 atom stereocenters. The summed E-state index contributed by atoms with van der Waals surface area (Å²) >= 11 is 12.3. The molecule has 0 fully saturated rings. The molecule has 0 saturated carbocycles. The fourth-order valence-electron chi connectivity index (χ4n) is 1.53. The number of halogens is 2. The van der Waals surface area contributed by atoms with E-state index in [4.69, 9.17) is 23.2 Å². The monoisotopic (exact) mass is 299 g/mol. The quantitative estimate of drug-likeness (QED) is 0.947. The van der Waals surface area contributed by atoms with E-state index in [2.05, 4.69) is 41.6 Å². The molecule has 1 heterocycles. The molecule has 0 saturated heterocycles. The van der Waals surface area contributed by atoms with Crippen molar-refractivity contribution in [1.29, 1.82) is 0 Å². The number of hydrogen-bond acceptors (Lipinski definition) is 4. The summed E-state index contributed by atoms with van der Waals surface area (Å²) in [5.41, 5.74) is 0.572. The average Bonchev–Trinajstić information content (AvgIpc) is 2.73. The summed E-state index contributed by atoms with van der Waals surface area (Å²) in [5, 5.41) is 16.0. The Hall–Kier alpha value is -1.17. The lowest BCUT2D eigenvalue weighted by molar-refractivity contribution is 0.415. The van der Waals surface area contributed by atoms with E-state index in [0.29, 0.717) is 28.1 Å². The second kappa shape index (κ2) is 5.45. The Morgan fingerprint density at radius 3 is 2.42 bits per heavy atom. The van der Waals surface area contributed by atoms with Crippen LogP contribution in [-0.4, -0.2) is 25.7 Å². The number of nitrogens with one attached hydrogen (secondary N) is 1. The van der Waals surface area contributed by atoms with E-state index in [9.17, 15) is 0 Å². The van der Waals surface area contributed by atoms with Crippen molar-refractivity contribution >= 4 is 23.2 Å². The second-order valence-corrected chi connectivity index (χ2v) is 6.00. The minimum absolute atomic E-state index is 0.0267. The molecule has 1 aromatic heterocycles. The lowest BCUT2D eigenvalue weighted by Crippen LogP contribution is -2.36. The van der Waals surface area contributed by atoms with Crippen LogP contribution in [0.15, 0.2) is 18.2 Å². The zero-order valence-corrected chi connectivity index (χ0v) is 12.5. The SMILES string of the molecule is CC(C)(C)NCc1nnnn1-c1c(Cl)cccc1Cl. The van der Waals surface area contributed by atoms with Gasteiger partial charge in [-0.2, -0.15) is 4.68 Å². The molecule has 0 amide bonds. The van der Waals surface area contributed by atoms with Gasteiger partial charge in [0.15, 0.2) is 5.82 Å². The molecule has 5 nitrogen and oxygen atoms in total. The molecular formula is C12H15Cl2N5. The number of para-hydroxylation sites is 1. The van der Waals surface area contributed by atoms with Crippen LogP contribution in [0.3, 0.4) is 0 Å². The van der Waals surface area contributed by atoms with E-state index in [1.165, 1.54) is 0 Å². The van der Waals surface area contributed by atoms with E-state index in [0.717, 1.165) is 0 Å². The van der Waals surface area contributed by atoms with Gasteiger partial charge in [-0.3, -0.25) is 0 Å². The molecule has 0 aliphatic carbocycles. The summed E-state index contributed by atoms with van der Waals surface area (Å²) in [6.07, 6.45) is 0. The van der Waals surface area contributed by atoms with Gasteiger partial charge in [0.25, 0.3) is 0 Å². The predicted octanol–water partition coefficient (Wildman–Crippen LogP) is 2.86. The van der Waals surface area contributed by atoms with Crippen LogP contribution in [0.1, 0.15) is 26.6 Å². The van der Waals surface area contributed by atoms with Gasteiger partial charge in [0.2, 0.25) is 0 Å². The van der Waals surface area contributed by atoms with Gasteiger partial charge in [0.05, 0.1) is 16.6 Å². The molecule has 0 bridgehead atoms. The number of hydrogen-bond donors (Lipinski definition) is 1. The van der Waals surface area contributed by atoms with Gasteiger partial charge >= 0.3 is 0 Å². The number of rotatable bonds is 3. The molecule has 2 aromatic rings. The van der Waals surface area contributed by atoms with Gasteiger partial charge in [-0.05, 0) is 43.3 Å². The predicted molar refractivity (Wildman–Crippen MR) is 75.8 cm³/mol. The first kappa shape index (κ1) is 14.2. The first-order valence-corrected chi connectivity index (χ1v) is 6.61. The van der Waals surface area contributed by atoms with Crippen molar-refractivity contribution in [2.24, 2.45) is 0 Å². The van der Waals surface area contributed by atoms with Crippen LogP contribution in [0.2, 0.25) is 10.0 Å². The molecule has 1 aromatic carbocycles. The molecule has 0 unspecified atom stereocenters. The van der Waals surface area contributed by atoms with Crippen molar-refractivity contribution in [2.45, 2.75) is 32.9 Å². The van der Waals surface area contributed by atoms with Crippen LogP contribution in [0.5, 0.6) is 0 Å². The smallest absolute Gasteiger partial charge is 0.170 e. The van der Waals surface area contributed by atoms with Gasteiger partial charge < -0.3 is 5.32 Å². The zero-order valence-electron chi connectivity index (χ0n) is 11.0. The standard InChI is InChI=1S/C12H15Cl2N5/c1-12(2,3)15-7-10-16-17-18-19(10)11-8(13)5-4-6-9(11)14/h4-6,15H,7H2,1-3H3. The summed E-state index contributed by atoms with van der Waals surface area (Å²) < 4.78 is 1.56. The fraction of sp³-hybridized carbons (Fsp3) is 0.417. The van der Waals surface area contributed by atoms with Gasteiger partial charge in [0.1, 0.15) is 5.69 Å². The molecule has 0 aliphatic rings. The maximum atomic E-state index is 6.16. The summed E-state index contributed by atoms with van der Waals surface area (Å²) in [6.45, 7) is 6.74. The highest BCUT2D eigenvalue weighted by molar-refractivity contribution is 6.37. The number of aromatic nitrogens is 4. The molecule has 19 heavy (non-hydrogen) atoms. The van der Waals surface area contributed by atoms with Crippen molar-refractivity contribution in [3.8, 4) is 5.69 Å². The fourth-order valence-corrected chi connectivity index (χ4v) is 2.08. The number of tetrazole rings is 1. The van der Waals surface area contributed by atoms with E-state index in [1.54, 1.807) is 22.9 Å². The minimum atomic E-state index is -0.0267. The lowest BCUT2D eigenvalue weighted by Gasteiger charge is -2.20. The Morgan fingerprint density at radius 1 is 1.21 bits per heavy atom. The lowest BCUT2D eigenvalue weighted by atomic mass is 10.1. The topological polar surface area (TPSA) is 55.6 Å². The van der Waals surface area contributed by atoms with E-state index >= 15 is 0 Å². The van der Waals surface area contributed by atoms with E-state index < -0.39 is 0 Å². The van der Waals surface area contributed by atoms with Gasteiger partial charge in [0, 0.05) is 5.54 Å². The summed E-state index contributed by atoms with van der Waals surface area (Å²) in [7, 11) is 0. The van der Waals surface area contributed by atoms with Gasteiger partial charge in [-0.15, -0.1) is 5.10 Å². The van der Waals surface area contributed by atoms with Crippen LogP contribution in [-0.2, 0) is 6.54 Å². The Labute approximate surface area is 121 Å². The number of benzene rings is 1. The molecule has 2 rings (SSSR count). The molecular weight excluding hydrogens is 285 g/mol. The highest BCUT2D eigenvalue weighted by atomic mass is 35.5. The van der Waals surface area contributed by atoms with Crippen molar-refractivity contribution in [3.05, 3.63) is 34.1 Å². The zero-order chi connectivity index (χ0) is 14.0. The van der Waals surface area contributed by atoms with Crippen LogP contribution < -0.4 is 5.32 Å². The summed E-state index contributed by atoms with van der Waals surface area (Å²) in [5.74, 6) is 0.657. The Balaban J connectivity index is 2.34. The van der Waals surface area contributed by atoms with Crippen molar-refractivity contribution in [1.82, 2.24) is 25.5 Å². The summed E-state index contributed by atoms with van der Waals surface area (Å²) in [4.78, 5) is 0. The van der Waals surface area contributed by atoms with Gasteiger partial charge in [-0.25, -0.2) is 0 Å². The molecule has 7 heteroatoms. The Bertz CT molecular complexity index is 553. The summed E-state index contributed by atoms with van der Waals surface area (Å²) in [6, 6.07) is 5.29. The van der Waals surface area contributed by atoms with Crippen LogP contribution >= 0.6 is 23.2 Å². The maximum absolute atomic E-state index is 6.16. The number of nitrogens with zero attached hydrogens (tertiary/aromatic N) is 4. The first-order valence-electron chi connectivity index (χ1n) is 5.85. The third kappa shape index (κ3) is 3.43. The van der Waals surface area contributed by atoms with E-state index in [-0.39, 0.29) is 5.54 Å². The van der Waals surface area contributed by atoms with Crippen LogP contribution in [0.4, 0.5) is 0 Å². The van der Waals surface area contributed by atoms with E-state index in [1.807, 2.05) is 0 Å². The molecule has 102 valence electrons. The minimum Gasteiger partial charge on any atom is -0.305 e. The van der Waals surface area contributed by atoms with Crippen molar-refractivity contribution in [2.75, 3.05) is 0 Å². The highest BCUT2D eigenvalue weighted by Gasteiger charge is 2.16. The third-order valence-corrected chi connectivity index (χ3v) is 3.07. The Morgan fingerprint density at radius 2 is 1.84 bits per heavy atom. The Kier molecular flexibility index (Phi) is 4.08. The molecule has 1 N–H and O–H groups in total. The normalized spacial score (nSPS) is 11.8. The first-order chi connectivity index (χ1) is 8.88. The molecule has 0 aliphatic heterocycles. The van der Waals surface area contributed by atoms with Crippen molar-refractivity contribution in [3.63, 3.8) is 0 Å². The van der Waals surface area contributed by atoms with Gasteiger partial charge in [-0.1, -0.05) is 29.3 Å². The second-order valence-electron chi connectivity index (χ2n) is 5.18. The molecule has 0 spiro atoms. The highest BCUT2D eigenvalue weighted by Crippen LogP contribution is 2.28. The van der Waals surface area contributed by atoms with Crippen LogP contribution in [0.25, 0.3) is 5.69 Å². The average molecular weight is 300 g/mol. The van der Waals surface area contributed by atoms with Crippen LogP contribution in [0, 0.1) is 0 Å². The largest absolute Gasteiger partial charge is 0.305 e. The maximum Gasteiger partial charge on any atom is 0.170 e. The third-order valence-electron chi connectivity index (χ3n) is 2.46. The molecule has 0 radical (unpaired) electrons. The van der Waals surface area contributed by atoms with Crippen molar-refractivity contribution < 1.29 is 0 Å².